The lowest BCUT2D eigenvalue weighted by Gasteiger charge is -2.20. The smallest absolute Gasteiger partial charge is 0.323 e. The highest BCUT2D eigenvalue weighted by Crippen LogP contribution is 2.28. The summed E-state index contributed by atoms with van der Waals surface area (Å²) in [4.78, 5) is 22.4. The van der Waals surface area contributed by atoms with Gasteiger partial charge in [0.2, 0.25) is 0 Å². The van der Waals surface area contributed by atoms with E-state index in [-0.39, 0.29) is 11.7 Å². The molecule has 25 heavy (non-hydrogen) atoms. The number of rotatable bonds is 4. The van der Waals surface area contributed by atoms with Gasteiger partial charge in [0.15, 0.2) is 5.82 Å². The van der Waals surface area contributed by atoms with Crippen LogP contribution in [0.15, 0.2) is 24.4 Å². The summed E-state index contributed by atoms with van der Waals surface area (Å²) in [5, 5.41) is 4.93. The maximum absolute atomic E-state index is 13.6. The van der Waals surface area contributed by atoms with Crippen LogP contribution in [0.5, 0.6) is 6.01 Å². The SMILES string of the molecule is COc1ncc(NC(=O)Nc2ccc(F)cc2F)c(N2CCCC2)n1. The standard InChI is InChI=1S/C16H17F2N5O2/c1-25-16-19-9-13(14(22-16)23-6-2-3-7-23)21-15(24)20-12-5-4-10(17)8-11(12)18/h4-5,8-9H,2-3,6-7H2,1H3,(H2,20,21,24). The van der Waals surface area contributed by atoms with Crippen molar-refractivity contribution in [3.05, 3.63) is 36.0 Å². The molecule has 1 aromatic carbocycles. The van der Waals surface area contributed by atoms with Crippen LogP contribution in [0.25, 0.3) is 0 Å². The largest absolute Gasteiger partial charge is 0.467 e. The van der Waals surface area contributed by atoms with Crippen LogP contribution in [0.3, 0.4) is 0 Å². The first-order valence-corrected chi connectivity index (χ1v) is 7.76. The number of anilines is 3. The third-order valence-corrected chi connectivity index (χ3v) is 3.76. The minimum atomic E-state index is -0.860. The lowest BCUT2D eigenvalue weighted by molar-refractivity contribution is 0.262. The van der Waals surface area contributed by atoms with E-state index in [0.29, 0.717) is 17.6 Å². The summed E-state index contributed by atoms with van der Waals surface area (Å²) in [7, 11) is 1.46. The Morgan fingerprint density at radius 3 is 2.60 bits per heavy atom. The summed E-state index contributed by atoms with van der Waals surface area (Å²) in [6.07, 6.45) is 3.48. The Labute approximate surface area is 143 Å². The predicted molar refractivity (Wildman–Crippen MR) is 89.0 cm³/mol. The van der Waals surface area contributed by atoms with Crippen molar-refractivity contribution in [1.82, 2.24) is 9.97 Å². The van der Waals surface area contributed by atoms with Gasteiger partial charge < -0.3 is 20.3 Å². The minimum absolute atomic E-state index is 0.129. The van der Waals surface area contributed by atoms with Crippen molar-refractivity contribution < 1.29 is 18.3 Å². The first kappa shape index (κ1) is 16.9. The summed E-state index contributed by atoms with van der Waals surface area (Å²) >= 11 is 0. The van der Waals surface area contributed by atoms with Gasteiger partial charge in [-0.15, -0.1) is 0 Å². The number of halogens is 2. The van der Waals surface area contributed by atoms with E-state index in [1.54, 1.807) is 0 Å². The number of carbonyl (C=O) groups excluding carboxylic acids is 1. The number of hydrogen-bond donors (Lipinski definition) is 2. The monoisotopic (exact) mass is 349 g/mol. The zero-order chi connectivity index (χ0) is 17.8. The first-order chi connectivity index (χ1) is 12.1. The fourth-order valence-electron chi connectivity index (χ4n) is 2.58. The lowest BCUT2D eigenvalue weighted by atomic mass is 10.3. The van der Waals surface area contributed by atoms with E-state index in [1.165, 1.54) is 13.3 Å². The molecule has 9 heteroatoms. The summed E-state index contributed by atoms with van der Waals surface area (Å²) in [5.41, 5.74) is 0.249. The highest BCUT2D eigenvalue weighted by molar-refractivity contribution is 6.01. The van der Waals surface area contributed by atoms with Gasteiger partial charge in [0.25, 0.3) is 0 Å². The zero-order valence-electron chi connectivity index (χ0n) is 13.6. The van der Waals surface area contributed by atoms with Gasteiger partial charge in [-0.05, 0) is 25.0 Å². The zero-order valence-corrected chi connectivity index (χ0v) is 13.6. The van der Waals surface area contributed by atoms with Crippen LogP contribution in [0, 0.1) is 11.6 Å². The molecule has 1 saturated heterocycles. The van der Waals surface area contributed by atoms with Crippen molar-refractivity contribution >= 4 is 23.2 Å². The molecule has 2 amide bonds. The third-order valence-electron chi connectivity index (χ3n) is 3.76. The molecule has 0 saturated carbocycles. The number of ether oxygens (including phenoxy) is 1. The predicted octanol–water partition coefficient (Wildman–Crippen LogP) is 3.01. The Hall–Kier alpha value is -2.97. The van der Waals surface area contributed by atoms with Gasteiger partial charge in [0.05, 0.1) is 19.0 Å². The fourth-order valence-corrected chi connectivity index (χ4v) is 2.58. The van der Waals surface area contributed by atoms with Crippen molar-refractivity contribution in [2.45, 2.75) is 12.8 Å². The number of amides is 2. The molecule has 1 fully saturated rings. The second-order valence-corrected chi connectivity index (χ2v) is 5.49. The number of nitrogens with zero attached hydrogens (tertiary/aromatic N) is 3. The topological polar surface area (TPSA) is 79.4 Å². The Kier molecular flexibility index (Phi) is 4.92. The minimum Gasteiger partial charge on any atom is -0.467 e. The van der Waals surface area contributed by atoms with E-state index in [9.17, 15) is 13.6 Å². The van der Waals surface area contributed by atoms with Gasteiger partial charge in [0, 0.05) is 19.2 Å². The molecule has 0 unspecified atom stereocenters. The third kappa shape index (κ3) is 3.93. The van der Waals surface area contributed by atoms with E-state index in [2.05, 4.69) is 20.6 Å². The van der Waals surface area contributed by atoms with Gasteiger partial charge in [-0.3, -0.25) is 0 Å². The van der Waals surface area contributed by atoms with Gasteiger partial charge in [-0.25, -0.2) is 18.6 Å². The van der Waals surface area contributed by atoms with E-state index >= 15 is 0 Å². The maximum Gasteiger partial charge on any atom is 0.323 e. The Bertz CT molecular complexity index is 781. The van der Waals surface area contributed by atoms with Crippen LogP contribution in [-0.4, -0.2) is 36.2 Å². The van der Waals surface area contributed by atoms with Crippen LogP contribution in [0.2, 0.25) is 0 Å². The number of methoxy groups -OCH3 is 1. The van der Waals surface area contributed by atoms with E-state index in [4.69, 9.17) is 4.74 Å². The fraction of sp³-hybridized carbons (Fsp3) is 0.312. The number of aromatic nitrogens is 2. The molecule has 0 atom stereocenters. The number of carbonyl (C=O) groups is 1. The van der Waals surface area contributed by atoms with Crippen molar-refractivity contribution in [2.24, 2.45) is 0 Å². The average Bonchev–Trinajstić information content (AvgIpc) is 3.12. The van der Waals surface area contributed by atoms with Gasteiger partial charge in [-0.1, -0.05) is 0 Å². The summed E-state index contributed by atoms with van der Waals surface area (Å²) in [6.45, 7) is 1.62. The number of benzene rings is 1. The lowest BCUT2D eigenvalue weighted by Crippen LogP contribution is -2.25. The number of nitrogens with one attached hydrogen (secondary N) is 2. The molecule has 2 N–H and O–H groups in total. The highest BCUT2D eigenvalue weighted by Gasteiger charge is 2.20. The van der Waals surface area contributed by atoms with Crippen molar-refractivity contribution in [1.29, 1.82) is 0 Å². The van der Waals surface area contributed by atoms with Crippen LogP contribution >= 0.6 is 0 Å². The molecule has 1 aliphatic rings. The highest BCUT2D eigenvalue weighted by atomic mass is 19.1. The molecule has 7 nitrogen and oxygen atoms in total. The summed E-state index contributed by atoms with van der Waals surface area (Å²) < 4.78 is 31.6. The maximum atomic E-state index is 13.6. The van der Waals surface area contributed by atoms with Gasteiger partial charge in [0.1, 0.15) is 17.3 Å². The van der Waals surface area contributed by atoms with Gasteiger partial charge in [-0.2, -0.15) is 4.98 Å². The van der Waals surface area contributed by atoms with Crippen molar-refractivity contribution in [3.63, 3.8) is 0 Å². The molecular weight excluding hydrogens is 332 g/mol. The number of hydrogen-bond acceptors (Lipinski definition) is 5. The normalized spacial score (nSPS) is 13.6. The average molecular weight is 349 g/mol. The van der Waals surface area contributed by atoms with Gasteiger partial charge >= 0.3 is 12.0 Å². The van der Waals surface area contributed by atoms with Crippen molar-refractivity contribution in [3.8, 4) is 6.01 Å². The molecule has 2 aromatic rings. The molecule has 0 spiro atoms. The Morgan fingerprint density at radius 2 is 1.92 bits per heavy atom. The molecule has 3 rings (SSSR count). The molecule has 1 aliphatic heterocycles. The number of urea groups is 1. The second kappa shape index (κ2) is 7.29. The molecule has 132 valence electrons. The van der Waals surface area contributed by atoms with E-state index in [1.807, 2.05) is 4.90 Å². The van der Waals surface area contributed by atoms with E-state index < -0.39 is 17.7 Å². The van der Waals surface area contributed by atoms with E-state index in [0.717, 1.165) is 38.1 Å². The summed E-state index contributed by atoms with van der Waals surface area (Å²) in [6, 6.07) is 2.42. The molecule has 0 aliphatic carbocycles. The van der Waals surface area contributed by atoms with Crippen LogP contribution < -0.4 is 20.3 Å². The first-order valence-electron chi connectivity index (χ1n) is 7.76. The molecule has 2 heterocycles. The molecule has 0 radical (unpaired) electrons. The Morgan fingerprint density at radius 1 is 1.20 bits per heavy atom. The van der Waals surface area contributed by atoms with Crippen LogP contribution in [-0.2, 0) is 0 Å². The second-order valence-electron chi connectivity index (χ2n) is 5.49. The quantitative estimate of drug-likeness (QED) is 0.887. The van der Waals surface area contributed by atoms with Crippen LogP contribution in [0.4, 0.5) is 30.8 Å². The molecule has 1 aromatic heterocycles. The Balaban J connectivity index is 1.78. The molecule has 0 bridgehead atoms. The van der Waals surface area contributed by atoms with Crippen molar-refractivity contribution in [2.75, 3.05) is 35.7 Å². The van der Waals surface area contributed by atoms with Crippen LogP contribution in [0.1, 0.15) is 12.8 Å². The molecular formula is C16H17F2N5O2. The summed E-state index contributed by atoms with van der Waals surface area (Å²) in [5.74, 6) is -1.04.